The lowest BCUT2D eigenvalue weighted by atomic mass is 9.97. The summed E-state index contributed by atoms with van der Waals surface area (Å²) in [4.78, 5) is 39.8. The first kappa shape index (κ1) is 23.2. The Balaban J connectivity index is 2.56. The van der Waals surface area contributed by atoms with Crippen molar-refractivity contribution < 1.29 is 23.9 Å². The Labute approximate surface area is 180 Å². The van der Waals surface area contributed by atoms with Gasteiger partial charge in [0.1, 0.15) is 5.57 Å². The molecule has 0 aromatic heterocycles. The summed E-state index contributed by atoms with van der Waals surface area (Å²) >= 11 is 12.6. The summed E-state index contributed by atoms with van der Waals surface area (Å²) in [7, 11) is 0. The summed E-state index contributed by atoms with van der Waals surface area (Å²) in [5.74, 6) is -1.02. The van der Waals surface area contributed by atoms with Gasteiger partial charge in [-0.25, -0.2) is 4.79 Å². The van der Waals surface area contributed by atoms with E-state index in [0.29, 0.717) is 6.61 Å². The highest BCUT2D eigenvalue weighted by atomic mass is 35.5. The molecule has 0 heterocycles. The minimum Gasteiger partial charge on any atom is -0.501 e. The van der Waals surface area contributed by atoms with Gasteiger partial charge in [-0.2, -0.15) is 0 Å². The van der Waals surface area contributed by atoms with Gasteiger partial charge in [-0.3, -0.25) is 14.5 Å². The van der Waals surface area contributed by atoms with Crippen molar-refractivity contribution >= 4 is 46.5 Å². The summed E-state index contributed by atoms with van der Waals surface area (Å²) < 4.78 is 10.5. The minimum atomic E-state index is -0.662. The van der Waals surface area contributed by atoms with Gasteiger partial charge in [0.25, 0.3) is 0 Å². The van der Waals surface area contributed by atoms with Crippen LogP contribution in [0.4, 0.5) is 10.5 Å². The van der Waals surface area contributed by atoms with Gasteiger partial charge in [-0.15, -0.1) is 0 Å². The van der Waals surface area contributed by atoms with E-state index in [1.807, 2.05) is 0 Å². The van der Waals surface area contributed by atoms with Crippen LogP contribution in [-0.2, 0) is 14.3 Å². The van der Waals surface area contributed by atoms with E-state index in [1.165, 1.54) is 23.3 Å². The van der Waals surface area contributed by atoms with Gasteiger partial charge in [0.15, 0.2) is 5.78 Å². The maximum atomic E-state index is 13.3. The van der Waals surface area contributed by atoms with Gasteiger partial charge >= 0.3 is 6.09 Å². The summed E-state index contributed by atoms with van der Waals surface area (Å²) in [5, 5.41) is 0.215. The molecule has 6 nitrogen and oxygen atoms in total. The maximum Gasteiger partial charge on any atom is 0.414 e. The first-order chi connectivity index (χ1) is 13.7. The second kappa shape index (κ2) is 10.1. The van der Waals surface area contributed by atoms with Crippen molar-refractivity contribution in [3.63, 3.8) is 0 Å². The third-order valence-electron chi connectivity index (χ3n) is 4.28. The summed E-state index contributed by atoms with van der Waals surface area (Å²) in [5.41, 5.74) is 0.132. The highest BCUT2D eigenvalue weighted by molar-refractivity contribution is 6.45. The van der Waals surface area contributed by atoms with Gasteiger partial charge in [0, 0.05) is 18.0 Å². The van der Waals surface area contributed by atoms with Gasteiger partial charge in [-0.1, -0.05) is 23.2 Å². The number of carbonyl (C=O) groups excluding carboxylic acids is 3. The second-order valence-electron chi connectivity index (χ2n) is 6.89. The smallest absolute Gasteiger partial charge is 0.414 e. The Kier molecular flexibility index (Phi) is 8.11. The Morgan fingerprint density at radius 2 is 1.86 bits per heavy atom. The number of allylic oxidation sites excluding steroid dienone is 1. The van der Waals surface area contributed by atoms with E-state index in [-0.39, 0.29) is 51.2 Å². The standard InChI is InChI=1S/C21H25Cl2NO5/c1-5-24(21(27)29-12(3)4)18-14(9-10-16(22)17(18)23)20(26)15(11-28-6-2)19(25)13-7-8-13/h9-13H,5-8H2,1-4H3/b15-11-. The molecular formula is C21H25Cl2NO5. The molecule has 2 rings (SSSR count). The zero-order valence-corrected chi connectivity index (χ0v) is 18.5. The van der Waals surface area contributed by atoms with E-state index in [9.17, 15) is 14.4 Å². The fraction of sp³-hybridized carbons (Fsp3) is 0.476. The summed E-state index contributed by atoms with van der Waals surface area (Å²) in [6.07, 6.45) is 1.65. The van der Waals surface area contributed by atoms with Gasteiger partial charge in [-0.05, 0) is 52.7 Å². The quantitative estimate of drug-likeness (QED) is 0.167. The number of Topliss-reactive ketones (excluding diaryl/α,β-unsaturated/α-hetero) is 2. The number of hydrogen-bond donors (Lipinski definition) is 0. The zero-order chi connectivity index (χ0) is 21.7. The minimum absolute atomic E-state index is 0.0368. The lowest BCUT2D eigenvalue weighted by molar-refractivity contribution is -0.116. The SMILES string of the molecule is CCO/C=C(\C(=O)c1ccc(Cl)c(Cl)c1N(CC)C(=O)OC(C)C)C(=O)C1CC1. The first-order valence-corrected chi connectivity index (χ1v) is 10.3. The van der Waals surface area contributed by atoms with Crippen LogP contribution in [0.15, 0.2) is 24.0 Å². The fourth-order valence-electron chi connectivity index (χ4n) is 2.73. The predicted molar refractivity (Wildman–Crippen MR) is 113 cm³/mol. The van der Waals surface area contributed by atoms with E-state index < -0.39 is 11.9 Å². The normalized spacial score (nSPS) is 14.0. The van der Waals surface area contributed by atoms with Crippen LogP contribution in [0.2, 0.25) is 10.0 Å². The lowest BCUT2D eigenvalue weighted by Gasteiger charge is -2.25. The topological polar surface area (TPSA) is 72.9 Å². The van der Waals surface area contributed by atoms with Crippen LogP contribution in [0.5, 0.6) is 0 Å². The second-order valence-corrected chi connectivity index (χ2v) is 7.67. The van der Waals surface area contributed by atoms with Crippen molar-refractivity contribution in [1.82, 2.24) is 0 Å². The van der Waals surface area contributed by atoms with Crippen LogP contribution >= 0.6 is 23.2 Å². The van der Waals surface area contributed by atoms with Crippen LogP contribution in [-0.4, -0.2) is 36.9 Å². The van der Waals surface area contributed by atoms with E-state index in [4.69, 9.17) is 32.7 Å². The number of anilines is 1. The lowest BCUT2D eigenvalue weighted by Crippen LogP contribution is -2.34. The predicted octanol–water partition coefficient (Wildman–Crippen LogP) is 5.45. The molecule has 0 bridgehead atoms. The molecule has 1 aliphatic carbocycles. The third-order valence-corrected chi connectivity index (χ3v) is 5.08. The van der Waals surface area contributed by atoms with Crippen molar-refractivity contribution in [1.29, 1.82) is 0 Å². The van der Waals surface area contributed by atoms with Crippen molar-refractivity contribution in [2.75, 3.05) is 18.1 Å². The Bertz CT molecular complexity index is 831. The molecule has 0 radical (unpaired) electrons. The average molecular weight is 442 g/mol. The number of amides is 1. The van der Waals surface area contributed by atoms with E-state index in [0.717, 1.165) is 12.8 Å². The van der Waals surface area contributed by atoms with Gasteiger partial charge < -0.3 is 9.47 Å². The molecular weight excluding hydrogens is 417 g/mol. The zero-order valence-electron chi connectivity index (χ0n) is 17.0. The molecule has 1 amide bonds. The molecule has 0 spiro atoms. The molecule has 0 saturated heterocycles. The van der Waals surface area contributed by atoms with Gasteiger partial charge in [0.2, 0.25) is 5.78 Å². The van der Waals surface area contributed by atoms with Crippen LogP contribution in [0.3, 0.4) is 0 Å². The third kappa shape index (κ3) is 5.52. The Hall–Kier alpha value is -2.05. The van der Waals surface area contributed by atoms with Crippen LogP contribution in [0, 0.1) is 5.92 Å². The molecule has 1 fully saturated rings. The summed E-state index contributed by atoms with van der Waals surface area (Å²) in [6, 6.07) is 2.92. The molecule has 8 heteroatoms. The van der Waals surface area contributed by atoms with Gasteiger partial charge in [0.05, 0.1) is 34.7 Å². The number of carbonyl (C=O) groups is 3. The van der Waals surface area contributed by atoms with E-state index in [2.05, 4.69) is 0 Å². The molecule has 0 unspecified atom stereocenters. The van der Waals surface area contributed by atoms with E-state index in [1.54, 1.807) is 27.7 Å². The Morgan fingerprint density at radius 1 is 1.21 bits per heavy atom. The van der Waals surface area contributed by atoms with Crippen LogP contribution < -0.4 is 4.90 Å². The summed E-state index contributed by atoms with van der Waals surface area (Å²) in [6.45, 7) is 7.41. The monoisotopic (exact) mass is 441 g/mol. The largest absolute Gasteiger partial charge is 0.501 e. The van der Waals surface area contributed by atoms with E-state index >= 15 is 0 Å². The molecule has 0 N–H and O–H groups in total. The molecule has 0 aliphatic heterocycles. The molecule has 29 heavy (non-hydrogen) atoms. The van der Waals surface area contributed by atoms with Crippen molar-refractivity contribution in [2.45, 2.75) is 46.6 Å². The number of hydrogen-bond acceptors (Lipinski definition) is 5. The highest BCUT2D eigenvalue weighted by Gasteiger charge is 2.37. The first-order valence-electron chi connectivity index (χ1n) is 9.59. The molecule has 1 saturated carbocycles. The molecule has 158 valence electrons. The number of halogens is 2. The average Bonchev–Trinajstić information content (AvgIpc) is 3.50. The van der Waals surface area contributed by atoms with Crippen molar-refractivity contribution in [3.05, 3.63) is 39.6 Å². The molecule has 1 aliphatic rings. The highest BCUT2D eigenvalue weighted by Crippen LogP contribution is 2.39. The number of rotatable bonds is 9. The van der Waals surface area contributed by atoms with Crippen LogP contribution in [0.1, 0.15) is 50.9 Å². The van der Waals surface area contributed by atoms with Crippen LogP contribution in [0.25, 0.3) is 0 Å². The number of ketones is 2. The number of benzene rings is 1. The number of ether oxygens (including phenoxy) is 2. The molecule has 1 aromatic rings. The molecule has 0 atom stereocenters. The van der Waals surface area contributed by atoms with Crippen molar-refractivity contribution in [2.24, 2.45) is 5.92 Å². The fourth-order valence-corrected chi connectivity index (χ4v) is 3.15. The van der Waals surface area contributed by atoms with Crippen molar-refractivity contribution in [3.8, 4) is 0 Å². The Morgan fingerprint density at radius 3 is 2.38 bits per heavy atom. The maximum absolute atomic E-state index is 13.3. The molecule has 1 aromatic carbocycles. The number of nitrogens with zero attached hydrogens (tertiary/aromatic N) is 1.